The molecule has 0 aliphatic carbocycles. The smallest absolute Gasteiger partial charge is 0.295 e. The minimum atomic E-state index is -4.94. The van der Waals surface area contributed by atoms with Gasteiger partial charge in [-0.05, 0) is 106 Å². The molecule has 8 N–H and O–H groups in total. The Bertz CT molecular complexity index is 3020. The summed E-state index contributed by atoms with van der Waals surface area (Å²) in [5.41, 5.74) is 11.7. The van der Waals surface area contributed by atoms with Crippen molar-refractivity contribution in [1.29, 1.82) is 0 Å². The summed E-state index contributed by atoms with van der Waals surface area (Å²) >= 11 is 0. The van der Waals surface area contributed by atoms with Crippen molar-refractivity contribution in [3.05, 3.63) is 108 Å². The Morgan fingerprint density at radius 3 is 1.12 bits per heavy atom. The number of hydrogen-bond acceptors (Lipinski definition) is 14. The zero-order chi connectivity index (χ0) is 40.8. The van der Waals surface area contributed by atoms with Crippen LogP contribution in [0.25, 0.3) is 21.5 Å². The summed E-state index contributed by atoms with van der Waals surface area (Å²) in [5.74, 6) is 4.93. The molecule has 0 amide bonds. The number of nitrogens with two attached hydrogens (primary N) is 2. The monoisotopic (exact) mass is 836 g/mol. The predicted octanol–water partition coefficient (Wildman–Crippen LogP) is 6.37. The molecule has 22 heteroatoms. The molecule has 0 radical (unpaired) electrons. The lowest BCUT2D eigenvalue weighted by atomic mass is 10.1. The van der Waals surface area contributed by atoms with Gasteiger partial charge in [0.25, 0.3) is 40.5 Å². The van der Waals surface area contributed by atoms with Crippen LogP contribution >= 0.6 is 0 Å². The van der Waals surface area contributed by atoms with Gasteiger partial charge in [0, 0.05) is 11.1 Å². The van der Waals surface area contributed by atoms with Crippen molar-refractivity contribution in [3.63, 3.8) is 0 Å². The van der Waals surface area contributed by atoms with Gasteiger partial charge in [0.2, 0.25) is 0 Å². The fourth-order valence-electron chi connectivity index (χ4n) is 5.19. The maximum absolute atomic E-state index is 12.3. The van der Waals surface area contributed by atoms with Crippen molar-refractivity contribution in [2.75, 3.05) is 11.5 Å². The van der Waals surface area contributed by atoms with Crippen molar-refractivity contribution in [1.82, 2.24) is 0 Å². The molecule has 6 rings (SSSR count). The number of rotatable bonds is 8. The predicted molar refractivity (Wildman–Crippen MR) is 203 cm³/mol. The van der Waals surface area contributed by atoms with Gasteiger partial charge in [-0.15, -0.1) is 10.2 Å². The van der Waals surface area contributed by atoms with Crippen LogP contribution in [0.15, 0.2) is 137 Å². The van der Waals surface area contributed by atoms with Crippen molar-refractivity contribution < 1.29 is 51.9 Å². The third-order valence-electron chi connectivity index (χ3n) is 7.87. The van der Waals surface area contributed by atoms with Gasteiger partial charge in [0.05, 0.1) is 32.5 Å². The SMILES string of the molecule is Nc1cc2cc(S(=O)(=O)O)ccc2cc1N=Nc1ccc(C#Cc2ccc(N=Nc3cc4ccc(S(=O)(=O)O)cc4cc3N)cc2S(=O)(=O)O)c(S(=O)(=O)O)c1. The van der Waals surface area contributed by atoms with Crippen molar-refractivity contribution in [3.8, 4) is 11.8 Å². The van der Waals surface area contributed by atoms with E-state index in [1.807, 2.05) is 0 Å². The van der Waals surface area contributed by atoms with Gasteiger partial charge in [-0.25, -0.2) is 0 Å². The zero-order valence-electron chi connectivity index (χ0n) is 27.9. The second-order valence-corrected chi connectivity index (χ2v) is 17.4. The molecule has 0 fully saturated rings. The Kier molecular flexibility index (Phi) is 10.2. The van der Waals surface area contributed by atoms with E-state index in [4.69, 9.17) is 11.5 Å². The molecule has 0 unspecified atom stereocenters. The van der Waals surface area contributed by atoms with Crippen molar-refractivity contribution in [2.24, 2.45) is 20.5 Å². The molecule has 18 nitrogen and oxygen atoms in total. The minimum absolute atomic E-state index is 0.0605. The summed E-state index contributed by atoms with van der Waals surface area (Å²) in [4.78, 5) is -2.12. The van der Waals surface area contributed by atoms with Gasteiger partial charge < -0.3 is 11.5 Å². The Morgan fingerprint density at radius 1 is 0.411 bits per heavy atom. The van der Waals surface area contributed by atoms with Gasteiger partial charge in [-0.3, -0.25) is 18.2 Å². The summed E-state index contributed by atoms with van der Waals surface area (Å²) in [6.45, 7) is 0. The fourth-order valence-corrected chi connectivity index (χ4v) is 7.56. The molecule has 0 saturated carbocycles. The first-order valence-electron chi connectivity index (χ1n) is 15.3. The molecule has 6 aromatic carbocycles. The molecule has 6 aromatic rings. The van der Waals surface area contributed by atoms with E-state index in [2.05, 4.69) is 32.3 Å². The van der Waals surface area contributed by atoms with Gasteiger partial charge in [0.1, 0.15) is 21.2 Å². The van der Waals surface area contributed by atoms with Gasteiger partial charge in [0.15, 0.2) is 0 Å². The van der Waals surface area contributed by atoms with Crippen LogP contribution in [0.4, 0.5) is 34.1 Å². The number of fused-ring (bicyclic) bond motifs is 2. The van der Waals surface area contributed by atoms with E-state index < -0.39 is 50.3 Å². The molecule has 0 aliphatic heterocycles. The first kappa shape index (κ1) is 39.5. The summed E-state index contributed by atoms with van der Waals surface area (Å²) in [6.07, 6.45) is 0. The van der Waals surface area contributed by atoms with E-state index >= 15 is 0 Å². The molecule has 0 heterocycles. The average Bonchev–Trinajstić information content (AvgIpc) is 3.10. The number of hydrogen-bond donors (Lipinski definition) is 6. The lowest BCUT2D eigenvalue weighted by Gasteiger charge is -2.06. The maximum Gasteiger partial charge on any atom is 0.295 e. The first-order valence-corrected chi connectivity index (χ1v) is 21.0. The molecule has 0 spiro atoms. The van der Waals surface area contributed by atoms with Crippen LogP contribution in [0.1, 0.15) is 11.1 Å². The van der Waals surface area contributed by atoms with Crippen molar-refractivity contribution >= 4 is 96.1 Å². The second kappa shape index (κ2) is 14.5. The number of nitrogen functional groups attached to an aromatic ring is 2. The highest BCUT2D eigenvalue weighted by molar-refractivity contribution is 7.86. The highest BCUT2D eigenvalue weighted by atomic mass is 32.2. The number of benzene rings is 6. The Hall–Kier alpha value is -6.16. The fraction of sp³-hybridized carbons (Fsp3) is 0. The molecule has 0 atom stereocenters. The van der Waals surface area contributed by atoms with Crippen LogP contribution in [-0.4, -0.2) is 51.9 Å². The van der Waals surface area contributed by atoms with Gasteiger partial charge in [-0.2, -0.15) is 43.9 Å². The van der Waals surface area contributed by atoms with Gasteiger partial charge >= 0.3 is 0 Å². The van der Waals surface area contributed by atoms with E-state index in [1.54, 1.807) is 0 Å². The third-order valence-corrected chi connectivity index (χ3v) is 11.4. The summed E-state index contributed by atoms with van der Waals surface area (Å²) < 4.78 is 134. The molecular weight excluding hydrogens is 813 g/mol. The second-order valence-electron chi connectivity index (χ2n) is 11.8. The number of nitrogens with zero attached hydrogens (tertiary/aromatic N) is 4. The van der Waals surface area contributed by atoms with Crippen LogP contribution < -0.4 is 11.5 Å². The summed E-state index contributed by atoms with van der Waals surface area (Å²) in [6, 6.07) is 20.1. The van der Waals surface area contributed by atoms with Crippen LogP contribution in [0, 0.1) is 11.8 Å². The maximum atomic E-state index is 12.3. The van der Waals surface area contributed by atoms with E-state index in [9.17, 15) is 51.9 Å². The van der Waals surface area contributed by atoms with Gasteiger partial charge in [-0.1, -0.05) is 24.0 Å². The first-order chi connectivity index (χ1) is 26.1. The largest absolute Gasteiger partial charge is 0.397 e. The van der Waals surface area contributed by atoms with Crippen molar-refractivity contribution in [2.45, 2.75) is 19.6 Å². The highest BCUT2D eigenvalue weighted by Gasteiger charge is 2.19. The van der Waals surface area contributed by atoms with Crippen LogP contribution in [-0.2, 0) is 40.5 Å². The lowest BCUT2D eigenvalue weighted by Crippen LogP contribution is -2.02. The molecule has 0 aliphatic rings. The topological polar surface area (TPSA) is 319 Å². The Morgan fingerprint density at radius 2 is 0.786 bits per heavy atom. The molecule has 286 valence electrons. The van der Waals surface area contributed by atoms with Crippen LogP contribution in [0.5, 0.6) is 0 Å². The standard InChI is InChI=1S/C34H24N6O12S4/c35-29-13-23-11-27(53(41,42)43)9-5-21(23)15-31(29)39-37-25-7-3-19(33(17-25)55(47,48)49)1-2-20-4-8-26(18-34(20)56(50,51)52)38-40-32-16-22-6-10-28(54(44,45)46)12-24(22)14-30(32)36/h3-18H,35-36H2,(H,41,42,43)(H,44,45,46)(H,47,48,49)(H,50,51,52). The Labute approximate surface area is 318 Å². The Balaban J connectivity index is 1.30. The lowest BCUT2D eigenvalue weighted by molar-refractivity contribution is 0.480. The third kappa shape index (κ3) is 8.86. The van der Waals surface area contributed by atoms with Crippen LogP contribution in [0.2, 0.25) is 0 Å². The molecular formula is C34H24N6O12S4. The highest BCUT2D eigenvalue weighted by Crippen LogP contribution is 2.34. The molecule has 0 bridgehead atoms. The average molecular weight is 837 g/mol. The quantitative estimate of drug-likeness (QED) is 0.0420. The normalized spacial score (nSPS) is 12.7. The van der Waals surface area contributed by atoms with E-state index in [1.165, 1.54) is 72.8 Å². The molecule has 56 heavy (non-hydrogen) atoms. The zero-order valence-corrected chi connectivity index (χ0v) is 31.1. The molecule has 0 aromatic heterocycles. The van der Waals surface area contributed by atoms with E-state index in [0.29, 0.717) is 21.5 Å². The van der Waals surface area contributed by atoms with E-state index in [0.717, 1.165) is 24.3 Å². The number of azo groups is 2. The minimum Gasteiger partial charge on any atom is -0.397 e. The van der Waals surface area contributed by atoms with Crippen LogP contribution in [0.3, 0.4) is 0 Å². The summed E-state index contributed by atoms with van der Waals surface area (Å²) in [5, 5.41) is 17.7. The number of anilines is 2. The van der Waals surface area contributed by atoms with E-state index in [-0.39, 0.29) is 55.0 Å². The summed E-state index contributed by atoms with van der Waals surface area (Å²) in [7, 11) is -18.8. The molecule has 0 saturated heterocycles.